The van der Waals surface area contributed by atoms with Crippen molar-refractivity contribution in [1.29, 1.82) is 0 Å². The van der Waals surface area contributed by atoms with Crippen LogP contribution in [0, 0.1) is 13.8 Å². The fourth-order valence-corrected chi connectivity index (χ4v) is 2.44. The van der Waals surface area contributed by atoms with Gasteiger partial charge in [0.2, 0.25) is 0 Å². The van der Waals surface area contributed by atoms with Crippen LogP contribution in [0.1, 0.15) is 22.1 Å². The van der Waals surface area contributed by atoms with Crippen LogP contribution in [0.2, 0.25) is 0 Å². The van der Waals surface area contributed by atoms with Crippen LogP contribution >= 0.6 is 11.3 Å². The molecular weight excluding hydrogens is 220 g/mol. The molecule has 2 aromatic heterocycles. The van der Waals surface area contributed by atoms with Crippen molar-refractivity contribution in [2.24, 2.45) is 0 Å². The van der Waals surface area contributed by atoms with E-state index >= 15 is 0 Å². The summed E-state index contributed by atoms with van der Waals surface area (Å²) in [5.41, 5.74) is 3.32. The van der Waals surface area contributed by atoms with Gasteiger partial charge in [0.15, 0.2) is 0 Å². The lowest BCUT2D eigenvalue weighted by molar-refractivity contribution is 0.646. The van der Waals surface area contributed by atoms with Crippen LogP contribution in [0.4, 0.5) is 0 Å². The number of rotatable bonds is 4. The third-order valence-electron chi connectivity index (χ3n) is 2.34. The monoisotopic (exact) mass is 236 g/mol. The molecule has 0 atom stereocenters. The summed E-state index contributed by atoms with van der Waals surface area (Å²) in [5.74, 6) is 0. The molecule has 4 nitrogen and oxygen atoms in total. The van der Waals surface area contributed by atoms with Gasteiger partial charge in [0, 0.05) is 17.6 Å². The fourth-order valence-electron chi connectivity index (χ4n) is 1.64. The molecule has 0 aliphatic heterocycles. The van der Waals surface area contributed by atoms with Crippen LogP contribution in [-0.2, 0) is 13.1 Å². The smallest absolute Gasteiger partial charge is 0.107 e. The van der Waals surface area contributed by atoms with Crippen molar-refractivity contribution in [2.75, 3.05) is 7.05 Å². The van der Waals surface area contributed by atoms with E-state index in [1.165, 1.54) is 5.69 Å². The Labute approximate surface area is 99.3 Å². The zero-order valence-corrected chi connectivity index (χ0v) is 10.6. The first-order valence-corrected chi connectivity index (χ1v) is 6.16. The molecule has 2 aromatic rings. The average Bonchev–Trinajstić information content (AvgIpc) is 2.76. The lowest BCUT2D eigenvalue weighted by Crippen LogP contribution is -2.06. The van der Waals surface area contributed by atoms with E-state index in [9.17, 15) is 0 Å². The van der Waals surface area contributed by atoms with Gasteiger partial charge in [-0.15, -0.1) is 11.3 Å². The first kappa shape index (κ1) is 11.3. The molecule has 0 saturated heterocycles. The molecule has 0 aliphatic rings. The molecule has 16 heavy (non-hydrogen) atoms. The van der Waals surface area contributed by atoms with Crippen molar-refractivity contribution in [3.63, 3.8) is 0 Å². The topological polar surface area (TPSA) is 42.7 Å². The SMILES string of the molecule is CNCc1nc(Cn2nc(C)cc2C)cs1. The minimum atomic E-state index is 0.764. The number of nitrogens with one attached hydrogen (secondary N) is 1. The lowest BCUT2D eigenvalue weighted by atomic mass is 10.4. The number of thiazole rings is 1. The zero-order chi connectivity index (χ0) is 11.5. The third kappa shape index (κ3) is 2.48. The van der Waals surface area contributed by atoms with Crippen LogP contribution in [-0.4, -0.2) is 21.8 Å². The predicted molar refractivity (Wildman–Crippen MR) is 65.7 cm³/mol. The van der Waals surface area contributed by atoms with Gasteiger partial charge in [-0.2, -0.15) is 5.10 Å². The maximum atomic E-state index is 4.54. The number of aromatic nitrogens is 3. The van der Waals surface area contributed by atoms with Crippen LogP contribution < -0.4 is 5.32 Å². The van der Waals surface area contributed by atoms with Gasteiger partial charge < -0.3 is 5.32 Å². The molecule has 0 bridgehead atoms. The average molecular weight is 236 g/mol. The number of aryl methyl sites for hydroxylation is 2. The molecule has 0 aliphatic carbocycles. The van der Waals surface area contributed by atoms with E-state index in [4.69, 9.17) is 0 Å². The van der Waals surface area contributed by atoms with E-state index < -0.39 is 0 Å². The Hall–Kier alpha value is -1.20. The minimum Gasteiger partial charge on any atom is -0.314 e. The quantitative estimate of drug-likeness (QED) is 0.879. The highest BCUT2D eigenvalue weighted by Gasteiger charge is 2.05. The fraction of sp³-hybridized carbons (Fsp3) is 0.455. The van der Waals surface area contributed by atoms with Crippen LogP contribution in [0.5, 0.6) is 0 Å². The maximum absolute atomic E-state index is 4.54. The third-order valence-corrected chi connectivity index (χ3v) is 3.24. The summed E-state index contributed by atoms with van der Waals surface area (Å²) in [5, 5.41) is 10.8. The summed E-state index contributed by atoms with van der Waals surface area (Å²) >= 11 is 1.69. The number of nitrogens with zero attached hydrogens (tertiary/aromatic N) is 3. The van der Waals surface area contributed by atoms with Gasteiger partial charge in [-0.05, 0) is 27.0 Å². The van der Waals surface area contributed by atoms with Crippen LogP contribution in [0.25, 0.3) is 0 Å². The molecule has 2 heterocycles. The molecule has 5 heteroatoms. The van der Waals surface area contributed by atoms with Gasteiger partial charge in [0.05, 0.1) is 17.9 Å². The minimum absolute atomic E-state index is 0.764. The molecule has 1 N–H and O–H groups in total. The van der Waals surface area contributed by atoms with Crippen molar-refractivity contribution in [3.8, 4) is 0 Å². The number of hydrogen-bond acceptors (Lipinski definition) is 4. The maximum Gasteiger partial charge on any atom is 0.107 e. The highest BCUT2D eigenvalue weighted by Crippen LogP contribution is 2.12. The normalized spacial score (nSPS) is 10.9. The standard InChI is InChI=1S/C11H16N4S/c1-8-4-9(2)15(14-8)6-10-7-16-11(13-10)5-12-3/h4,7,12H,5-6H2,1-3H3. The summed E-state index contributed by atoms with van der Waals surface area (Å²) in [6.07, 6.45) is 0. The highest BCUT2D eigenvalue weighted by atomic mass is 32.1. The van der Waals surface area contributed by atoms with E-state index in [2.05, 4.69) is 33.8 Å². The van der Waals surface area contributed by atoms with Gasteiger partial charge in [0.25, 0.3) is 0 Å². The Balaban J connectivity index is 2.11. The van der Waals surface area contributed by atoms with Crippen molar-refractivity contribution in [3.05, 3.63) is 33.5 Å². The highest BCUT2D eigenvalue weighted by molar-refractivity contribution is 7.09. The van der Waals surface area contributed by atoms with Gasteiger partial charge in [0.1, 0.15) is 5.01 Å². The second-order valence-electron chi connectivity index (χ2n) is 3.85. The van der Waals surface area contributed by atoms with E-state index in [-0.39, 0.29) is 0 Å². The van der Waals surface area contributed by atoms with E-state index in [0.29, 0.717) is 0 Å². The Morgan fingerprint density at radius 1 is 1.44 bits per heavy atom. The molecule has 0 spiro atoms. The summed E-state index contributed by atoms with van der Waals surface area (Å²) in [6, 6.07) is 2.08. The largest absolute Gasteiger partial charge is 0.314 e. The van der Waals surface area contributed by atoms with Crippen molar-refractivity contribution in [1.82, 2.24) is 20.1 Å². The van der Waals surface area contributed by atoms with Gasteiger partial charge in [-0.3, -0.25) is 4.68 Å². The molecular formula is C11H16N4S. The van der Waals surface area contributed by atoms with Crippen molar-refractivity contribution in [2.45, 2.75) is 26.9 Å². The molecule has 0 saturated carbocycles. The predicted octanol–water partition coefficient (Wildman–Crippen LogP) is 1.72. The Morgan fingerprint density at radius 2 is 2.25 bits per heavy atom. The Bertz CT molecular complexity index is 472. The molecule has 0 amide bonds. The molecule has 0 radical (unpaired) electrons. The first-order valence-electron chi connectivity index (χ1n) is 5.28. The molecule has 0 fully saturated rings. The van der Waals surface area contributed by atoms with Gasteiger partial charge in [-0.25, -0.2) is 4.98 Å². The second kappa shape index (κ2) is 4.76. The van der Waals surface area contributed by atoms with E-state index in [1.54, 1.807) is 11.3 Å². The Morgan fingerprint density at radius 3 is 2.88 bits per heavy atom. The summed E-state index contributed by atoms with van der Waals surface area (Å²) < 4.78 is 1.99. The van der Waals surface area contributed by atoms with E-state index in [0.717, 1.165) is 29.5 Å². The van der Waals surface area contributed by atoms with Gasteiger partial charge >= 0.3 is 0 Å². The second-order valence-corrected chi connectivity index (χ2v) is 4.79. The van der Waals surface area contributed by atoms with Crippen LogP contribution in [0.3, 0.4) is 0 Å². The molecule has 0 aromatic carbocycles. The molecule has 2 rings (SSSR count). The van der Waals surface area contributed by atoms with Crippen molar-refractivity contribution < 1.29 is 0 Å². The van der Waals surface area contributed by atoms with Gasteiger partial charge in [-0.1, -0.05) is 0 Å². The zero-order valence-electron chi connectivity index (χ0n) is 9.82. The Kier molecular flexibility index (Phi) is 3.36. The lowest BCUT2D eigenvalue weighted by Gasteiger charge is -2.00. The summed E-state index contributed by atoms with van der Waals surface area (Å²) in [4.78, 5) is 4.54. The summed E-state index contributed by atoms with van der Waals surface area (Å²) in [7, 11) is 1.93. The molecule has 86 valence electrons. The van der Waals surface area contributed by atoms with Crippen molar-refractivity contribution >= 4 is 11.3 Å². The first-order chi connectivity index (χ1) is 7.69. The van der Waals surface area contributed by atoms with E-state index in [1.807, 2.05) is 18.7 Å². The number of hydrogen-bond donors (Lipinski definition) is 1. The summed E-state index contributed by atoms with van der Waals surface area (Å²) in [6.45, 7) is 5.68. The molecule has 0 unspecified atom stereocenters. The van der Waals surface area contributed by atoms with Crippen LogP contribution in [0.15, 0.2) is 11.4 Å².